The molecule has 0 aliphatic heterocycles. The Morgan fingerprint density at radius 3 is 2.59 bits per heavy atom. The van der Waals surface area contributed by atoms with E-state index < -0.39 is 0 Å². The van der Waals surface area contributed by atoms with Crippen molar-refractivity contribution in [3.63, 3.8) is 0 Å². The van der Waals surface area contributed by atoms with Crippen molar-refractivity contribution < 1.29 is 4.74 Å². The van der Waals surface area contributed by atoms with E-state index in [1.165, 1.54) is 6.33 Å². The molecule has 1 atom stereocenters. The number of benzene rings is 1. The van der Waals surface area contributed by atoms with Crippen molar-refractivity contribution in [1.29, 1.82) is 0 Å². The lowest BCUT2D eigenvalue weighted by molar-refractivity contribution is 0.239. The van der Waals surface area contributed by atoms with Crippen LogP contribution < -0.4 is 10.5 Å². The first-order valence-corrected chi connectivity index (χ1v) is 7.83. The van der Waals surface area contributed by atoms with Crippen LogP contribution in [0.25, 0.3) is 11.3 Å². The number of anilines is 1. The second-order valence-corrected chi connectivity index (χ2v) is 6.43. The number of ether oxygens (including phenoxy) is 1. The van der Waals surface area contributed by atoms with Gasteiger partial charge in [0.1, 0.15) is 17.9 Å². The molecule has 118 valence electrons. The van der Waals surface area contributed by atoms with Crippen molar-refractivity contribution in [2.24, 2.45) is 11.8 Å². The zero-order valence-corrected chi connectivity index (χ0v) is 14.0. The number of halogens is 1. The maximum atomic E-state index is 6.31. The Bertz CT molecular complexity index is 631. The van der Waals surface area contributed by atoms with Crippen LogP contribution in [0.3, 0.4) is 0 Å². The summed E-state index contributed by atoms with van der Waals surface area (Å²) < 4.78 is 5.82. The quantitative estimate of drug-likeness (QED) is 0.855. The summed E-state index contributed by atoms with van der Waals surface area (Å²) in [6.07, 6.45) is 2.58. The molecule has 0 fully saturated rings. The third-order valence-corrected chi connectivity index (χ3v) is 3.61. The molecule has 0 saturated heterocycles. The minimum atomic E-state index is 0.434. The molecule has 1 heterocycles. The lowest BCUT2D eigenvalue weighted by atomic mass is 10.00. The Morgan fingerprint density at radius 1 is 1.18 bits per heavy atom. The first-order chi connectivity index (χ1) is 10.5. The number of nitrogens with zero attached hydrogens (tertiary/aromatic N) is 2. The summed E-state index contributed by atoms with van der Waals surface area (Å²) in [7, 11) is 0. The summed E-state index contributed by atoms with van der Waals surface area (Å²) in [6, 6.07) is 7.36. The van der Waals surface area contributed by atoms with Crippen LogP contribution in [0.1, 0.15) is 27.2 Å². The van der Waals surface area contributed by atoms with Crippen molar-refractivity contribution in [3.05, 3.63) is 35.6 Å². The molecular weight excluding hydrogens is 298 g/mol. The van der Waals surface area contributed by atoms with E-state index in [4.69, 9.17) is 22.1 Å². The van der Waals surface area contributed by atoms with Crippen LogP contribution in [0.4, 0.5) is 5.82 Å². The molecule has 0 aliphatic rings. The second kappa shape index (κ2) is 7.45. The topological polar surface area (TPSA) is 61.0 Å². The zero-order chi connectivity index (χ0) is 16.1. The average molecular weight is 320 g/mol. The zero-order valence-electron chi connectivity index (χ0n) is 13.2. The molecule has 0 saturated carbocycles. The van der Waals surface area contributed by atoms with Gasteiger partial charge in [-0.05, 0) is 36.5 Å². The number of nitrogens with two attached hydrogens (primary N) is 1. The van der Waals surface area contributed by atoms with E-state index in [2.05, 4.69) is 30.7 Å². The molecule has 4 nitrogen and oxygen atoms in total. The molecule has 1 aromatic carbocycles. The number of aromatic nitrogens is 2. The van der Waals surface area contributed by atoms with Gasteiger partial charge in [0, 0.05) is 11.6 Å². The van der Waals surface area contributed by atoms with Crippen molar-refractivity contribution in [1.82, 2.24) is 9.97 Å². The Morgan fingerprint density at radius 2 is 1.95 bits per heavy atom. The molecule has 0 bridgehead atoms. The largest absolute Gasteiger partial charge is 0.492 e. The Hall–Kier alpha value is -1.81. The van der Waals surface area contributed by atoms with E-state index in [1.54, 1.807) is 6.07 Å². The highest BCUT2D eigenvalue weighted by Gasteiger charge is 2.10. The molecule has 2 rings (SSSR count). The van der Waals surface area contributed by atoms with E-state index in [0.29, 0.717) is 35.0 Å². The van der Waals surface area contributed by atoms with E-state index in [9.17, 15) is 0 Å². The fourth-order valence-corrected chi connectivity index (χ4v) is 2.65. The Labute approximate surface area is 136 Å². The van der Waals surface area contributed by atoms with Crippen LogP contribution in [-0.2, 0) is 0 Å². The van der Waals surface area contributed by atoms with Crippen LogP contribution in [0.5, 0.6) is 5.75 Å². The smallest absolute Gasteiger partial charge is 0.137 e. The van der Waals surface area contributed by atoms with Crippen LogP contribution in [0.2, 0.25) is 5.02 Å². The van der Waals surface area contributed by atoms with Crippen molar-refractivity contribution in [2.45, 2.75) is 27.2 Å². The normalized spacial score (nSPS) is 12.4. The third kappa shape index (κ3) is 4.60. The Kier molecular flexibility index (Phi) is 5.61. The van der Waals surface area contributed by atoms with Crippen molar-refractivity contribution in [2.75, 3.05) is 12.3 Å². The molecule has 0 unspecified atom stereocenters. The minimum Gasteiger partial charge on any atom is -0.492 e. The van der Waals surface area contributed by atoms with E-state index in [-0.39, 0.29) is 0 Å². The highest BCUT2D eigenvalue weighted by Crippen LogP contribution is 2.30. The van der Waals surface area contributed by atoms with E-state index >= 15 is 0 Å². The summed E-state index contributed by atoms with van der Waals surface area (Å²) in [4.78, 5) is 8.08. The van der Waals surface area contributed by atoms with Gasteiger partial charge in [0.2, 0.25) is 0 Å². The molecule has 2 N–H and O–H groups in total. The Balaban J connectivity index is 2.07. The van der Waals surface area contributed by atoms with Gasteiger partial charge in [-0.3, -0.25) is 0 Å². The fourth-order valence-electron chi connectivity index (χ4n) is 2.41. The summed E-state index contributed by atoms with van der Waals surface area (Å²) in [5.41, 5.74) is 7.31. The second-order valence-electron chi connectivity index (χ2n) is 6.02. The average Bonchev–Trinajstić information content (AvgIpc) is 2.45. The maximum Gasteiger partial charge on any atom is 0.137 e. The van der Waals surface area contributed by atoms with Crippen LogP contribution in [-0.4, -0.2) is 16.6 Å². The number of nitrogen functional groups attached to an aromatic ring is 1. The van der Waals surface area contributed by atoms with Gasteiger partial charge in [-0.15, -0.1) is 0 Å². The highest BCUT2D eigenvalue weighted by molar-refractivity contribution is 6.32. The molecule has 0 radical (unpaired) electrons. The first kappa shape index (κ1) is 16.6. The van der Waals surface area contributed by atoms with Gasteiger partial charge < -0.3 is 10.5 Å². The molecular formula is C17H22ClN3O. The number of rotatable bonds is 6. The third-order valence-electron chi connectivity index (χ3n) is 3.31. The van der Waals surface area contributed by atoms with Crippen molar-refractivity contribution in [3.8, 4) is 17.0 Å². The molecule has 2 aromatic rings. The lowest BCUT2D eigenvalue weighted by Gasteiger charge is -2.16. The monoisotopic (exact) mass is 319 g/mol. The number of hydrogen-bond acceptors (Lipinski definition) is 4. The SMILES string of the molecule is CC(C)C[C@@H](C)COc1ccc(-c2cc(N)ncn2)cc1Cl. The fraction of sp³-hybridized carbons (Fsp3) is 0.412. The maximum absolute atomic E-state index is 6.31. The van der Waals surface area contributed by atoms with Gasteiger partial charge >= 0.3 is 0 Å². The van der Waals surface area contributed by atoms with Gasteiger partial charge in [0.25, 0.3) is 0 Å². The van der Waals surface area contributed by atoms with Crippen molar-refractivity contribution >= 4 is 17.4 Å². The predicted molar refractivity (Wildman–Crippen MR) is 91.0 cm³/mol. The van der Waals surface area contributed by atoms with Gasteiger partial charge in [-0.2, -0.15) is 0 Å². The molecule has 0 spiro atoms. The minimum absolute atomic E-state index is 0.434. The molecule has 0 aliphatic carbocycles. The molecule has 5 heteroatoms. The first-order valence-electron chi connectivity index (χ1n) is 7.46. The highest BCUT2D eigenvalue weighted by atomic mass is 35.5. The van der Waals surface area contributed by atoms with Crippen LogP contribution >= 0.6 is 11.6 Å². The van der Waals surface area contributed by atoms with Gasteiger partial charge in [0.05, 0.1) is 17.3 Å². The molecule has 1 aromatic heterocycles. The van der Waals surface area contributed by atoms with Gasteiger partial charge in [-0.25, -0.2) is 9.97 Å². The lowest BCUT2D eigenvalue weighted by Crippen LogP contribution is -2.11. The van der Waals surface area contributed by atoms with Gasteiger partial charge in [-0.1, -0.05) is 32.4 Å². The standard InChI is InChI=1S/C17H22ClN3O/c1-11(2)6-12(3)9-22-16-5-4-13(7-14(16)18)15-8-17(19)21-10-20-15/h4-5,7-8,10-12H,6,9H2,1-3H3,(H2,19,20,21)/t12-/m1/s1. The van der Waals surface area contributed by atoms with E-state index in [1.807, 2.05) is 18.2 Å². The predicted octanol–water partition coefficient (Wildman–Crippen LogP) is 4.44. The van der Waals surface area contributed by atoms with Gasteiger partial charge in [0.15, 0.2) is 0 Å². The summed E-state index contributed by atoms with van der Waals surface area (Å²) in [5.74, 6) is 2.30. The van der Waals surface area contributed by atoms with E-state index in [0.717, 1.165) is 17.7 Å². The molecule has 0 amide bonds. The van der Waals surface area contributed by atoms with Crippen LogP contribution in [0, 0.1) is 11.8 Å². The summed E-state index contributed by atoms with van der Waals surface area (Å²) in [5, 5.41) is 0.575. The van der Waals surface area contributed by atoms with Crippen LogP contribution in [0.15, 0.2) is 30.6 Å². The molecule has 22 heavy (non-hydrogen) atoms. The summed E-state index contributed by atoms with van der Waals surface area (Å²) >= 11 is 6.31. The summed E-state index contributed by atoms with van der Waals surface area (Å²) in [6.45, 7) is 7.28. The number of hydrogen-bond donors (Lipinski definition) is 1.